The molecule has 4 nitrogen and oxygen atoms in total. The van der Waals surface area contributed by atoms with Crippen LogP contribution in [0.2, 0.25) is 0 Å². The monoisotopic (exact) mass is 231 g/mol. The summed E-state index contributed by atoms with van der Waals surface area (Å²) in [6.07, 6.45) is 1.99. The molecule has 0 aliphatic rings. The number of hydrogen-bond acceptors (Lipinski definition) is 3. The van der Waals surface area contributed by atoms with E-state index in [0.717, 1.165) is 11.1 Å². The van der Waals surface area contributed by atoms with Gasteiger partial charge in [0, 0.05) is 12.0 Å². The van der Waals surface area contributed by atoms with Crippen LogP contribution in [0.3, 0.4) is 0 Å². The summed E-state index contributed by atoms with van der Waals surface area (Å²) in [5, 5.41) is 8.57. The van der Waals surface area contributed by atoms with Gasteiger partial charge in [-0.1, -0.05) is 23.8 Å². The summed E-state index contributed by atoms with van der Waals surface area (Å²) in [7, 11) is 0. The number of carbonyl (C=O) groups is 1. The molecule has 0 amide bonds. The first-order valence-electron chi connectivity index (χ1n) is 5.38. The van der Waals surface area contributed by atoms with Crippen LogP contribution < -0.4 is 0 Å². The third kappa shape index (κ3) is 2.93. The molecule has 88 valence electrons. The number of nitrogens with zero attached hydrogens (tertiary/aromatic N) is 1. The molecule has 0 bridgehead atoms. The molecule has 0 unspecified atom stereocenters. The highest BCUT2D eigenvalue weighted by atomic mass is 16.4. The largest absolute Gasteiger partial charge is 0.481 e. The van der Waals surface area contributed by atoms with Gasteiger partial charge in [-0.2, -0.15) is 0 Å². The molecule has 2 rings (SSSR count). The molecule has 0 aliphatic carbocycles. The normalized spacial score (nSPS) is 10.4. The Morgan fingerprint density at radius 1 is 1.47 bits per heavy atom. The van der Waals surface area contributed by atoms with Gasteiger partial charge in [0.25, 0.3) is 0 Å². The second kappa shape index (κ2) is 4.82. The van der Waals surface area contributed by atoms with E-state index in [-0.39, 0.29) is 6.42 Å². The van der Waals surface area contributed by atoms with Crippen molar-refractivity contribution in [2.24, 2.45) is 0 Å². The quantitative estimate of drug-likeness (QED) is 0.878. The molecule has 1 heterocycles. The lowest BCUT2D eigenvalue weighted by Crippen LogP contribution is -1.97. The summed E-state index contributed by atoms with van der Waals surface area (Å²) in [5.74, 6) is 0.290. The molecule has 1 N–H and O–H groups in total. The van der Waals surface area contributed by atoms with E-state index in [9.17, 15) is 4.79 Å². The Kier molecular flexibility index (Phi) is 3.23. The Morgan fingerprint density at radius 3 is 3.00 bits per heavy atom. The maximum atomic E-state index is 10.4. The number of aromatic nitrogens is 1. The first-order chi connectivity index (χ1) is 8.15. The van der Waals surface area contributed by atoms with Gasteiger partial charge in [-0.05, 0) is 13.0 Å². The van der Waals surface area contributed by atoms with Crippen molar-refractivity contribution in [3.8, 4) is 11.3 Å². The Hall–Kier alpha value is -2.10. The number of rotatable bonds is 4. The zero-order valence-electron chi connectivity index (χ0n) is 9.51. The van der Waals surface area contributed by atoms with Crippen molar-refractivity contribution in [1.82, 2.24) is 4.98 Å². The van der Waals surface area contributed by atoms with Crippen LogP contribution in [0.15, 0.2) is 34.9 Å². The van der Waals surface area contributed by atoms with Gasteiger partial charge in [0.05, 0.1) is 12.6 Å². The highest BCUT2D eigenvalue weighted by molar-refractivity contribution is 5.66. The van der Waals surface area contributed by atoms with Crippen LogP contribution in [0.1, 0.15) is 17.9 Å². The van der Waals surface area contributed by atoms with Crippen LogP contribution in [0, 0.1) is 6.92 Å². The number of aryl methyl sites for hydroxylation is 2. The van der Waals surface area contributed by atoms with Crippen molar-refractivity contribution in [1.29, 1.82) is 0 Å². The zero-order valence-corrected chi connectivity index (χ0v) is 9.51. The molecule has 17 heavy (non-hydrogen) atoms. The van der Waals surface area contributed by atoms with Crippen molar-refractivity contribution >= 4 is 5.97 Å². The van der Waals surface area contributed by atoms with Crippen LogP contribution in [0.4, 0.5) is 0 Å². The molecule has 0 aliphatic heterocycles. The fourth-order valence-corrected chi connectivity index (χ4v) is 1.57. The molecule has 0 atom stereocenters. The maximum Gasteiger partial charge on any atom is 0.303 e. The van der Waals surface area contributed by atoms with E-state index < -0.39 is 5.97 Å². The van der Waals surface area contributed by atoms with Crippen LogP contribution in [-0.4, -0.2) is 16.1 Å². The van der Waals surface area contributed by atoms with E-state index in [2.05, 4.69) is 4.98 Å². The van der Waals surface area contributed by atoms with E-state index in [1.807, 2.05) is 31.2 Å². The van der Waals surface area contributed by atoms with Gasteiger partial charge in [-0.15, -0.1) is 0 Å². The van der Waals surface area contributed by atoms with E-state index in [4.69, 9.17) is 9.52 Å². The molecule has 0 spiro atoms. The first kappa shape index (κ1) is 11.4. The lowest BCUT2D eigenvalue weighted by molar-refractivity contribution is -0.137. The third-order valence-corrected chi connectivity index (χ3v) is 2.41. The molecule has 0 radical (unpaired) electrons. The van der Waals surface area contributed by atoms with Crippen molar-refractivity contribution in [2.45, 2.75) is 19.8 Å². The van der Waals surface area contributed by atoms with Crippen LogP contribution in [-0.2, 0) is 11.2 Å². The van der Waals surface area contributed by atoms with Crippen molar-refractivity contribution in [3.63, 3.8) is 0 Å². The van der Waals surface area contributed by atoms with Gasteiger partial charge in [-0.25, -0.2) is 4.98 Å². The molecule has 1 aromatic carbocycles. The van der Waals surface area contributed by atoms with Crippen molar-refractivity contribution in [3.05, 3.63) is 41.9 Å². The minimum Gasteiger partial charge on any atom is -0.481 e. The maximum absolute atomic E-state index is 10.4. The summed E-state index contributed by atoms with van der Waals surface area (Å²) in [6.45, 7) is 2.01. The van der Waals surface area contributed by atoms with Crippen LogP contribution in [0.25, 0.3) is 11.3 Å². The predicted octanol–water partition coefficient (Wildman–Crippen LogP) is 2.67. The van der Waals surface area contributed by atoms with Crippen molar-refractivity contribution in [2.75, 3.05) is 0 Å². The number of benzene rings is 1. The Morgan fingerprint density at radius 2 is 2.29 bits per heavy atom. The third-order valence-electron chi connectivity index (χ3n) is 2.41. The van der Waals surface area contributed by atoms with E-state index in [1.165, 1.54) is 0 Å². The molecule has 2 aromatic rings. The summed E-state index contributed by atoms with van der Waals surface area (Å²) >= 11 is 0. The fraction of sp³-hybridized carbons (Fsp3) is 0.231. The van der Waals surface area contributed by atoms with Crippen LogP contribution >= 0.6 is 0 Å². The minimum atomic E-state index is -0.847. The van der Waals surface area contributed by atoms with Gasteiger partial charge in [0.2, 0.25) is 0 Å². The Bertz CT molecular complexity index is 531. The summed E-state index contributed by atoms with van der Waals surface area (Å²) in [6, 6.07) is 7.89. The number of oxazole rings is 1. The van der Waals surface area contributed by atoms with E-state index >= 15 is 0 Å². The summed E-state index contributed by atoms with van der Waals surface area (Å²) < 4.78 is 5.50. The highest BCUT2D eigenvalue weighted by Gasteiger charge is 2.08. The zero-order chi connectivity index (χ0) is 12.3. The SMILES string of the molecule is Cc1cccc(-c2cnc(CCC(=O)O)o2)c1. The van der Waals surface area contributed by atoms with Gasteiger partial charge < -0.3 is 9.52 Å². The minimum absolute atomic E-state index is 0.0355. The highest BCUT2D eigenvalue weighted by Crippen LogP contribution is 2.21. The Balaban J connectivity index is 2.15. The predicted molar refractivity (Wildman–Crippen MR) is 62.6 cm³/mol. The first-order valence-corrected chi connectivity index (χ1v) is 5.38. The lowest BCUT2D eigenvalue weighted by atomic mass is 10.1. The van der Waals surface area contributed by atoms with E-state index in [0.29, 0.717) is 18.1 Å². The van der Waals surface area contributed by atoms with Gasteiger partial charge in [-0.3, -0.25) is 4.79 Å². The number of aliphatic carboxylic acids is 1. The lowest BCUT2D eigenvalue weighted by Gasteiger charge is -1.97. The molecule has 4 heteroatoms. The second-order valence-electron chi connectivity index (χ2n) is 3.88. The van der Waals surface area contributed by atoms with E-state index in [1.54, 1.807) is 6.20 Å². The molecular formula is C13H13NO3. The van der Waals surface area contributed by atoms with Crippen LogP contribution in [0.5, 0.6) is 0 Å². The summed E-state index contributed by atoms with van der Waals surface area (Å²) in [5.41, 5.74) is 2.10. The average molecular weight is 231 g/mol. The van der Waals surface area contributed by atoms with Crippen molar-refractivity contribution < 1.29 is 14.3 Å². The van der Waals surface area contributed by atoms with Gasteiger partial charge in [0.15, 0.2) is 11.7 Å². The molecule has 0 fully saturated rings. The fourth-order valence-electron chi connectivity index (χ4n) is 1.57. The smallest absolute Gasteiger partial charge is 0.303 e. The molecule has 0 saturated carbocycles. The molecule has 1 aromatic heterocycles. The Labute approximate surface area is 98.9 Å². The average Bonchev–Trinajstić information content (AvgIpc) is 2.75. The summed E-state index contributed by atoms with van der Waals surface area (Å²) in [4.78, 5) is 14.5. The molecule has 0 saturated heterocycles. The number of carboxylic acids is 1. The standard InChI is InChI=1S/C13H13NO3/c1-9-3-2-4-10(7-9)11-8-14-12(17-11)5-6-13(15)16/h2-4,7-8H,5-6H2,1H3,(H,15,16). The topological polar surface area (TPSA) is 63.3 Å². The van der Waals surface area contributed by atoms with Gasteiger partial charge in [0.1, 0.15) is 0 Å². The van der Waals surface area contributed by atoms with Gasteiger partial charge >= 0.3 is 5.97 Å². The number of carboxylic acid groups (broad SMARTS) is 1. The second-order valence-corrected chi connectivity index (χ2v) is 3.88. The number of hydrogen-bond donors (Lipinski definition) is 1. The molecular weight excluding hydrogens is 218 g/mol.